The molecular weight excluding hydrogens is 254 g/mol. The molecule has 1 N–H and O–H groups in total. The van der Waals surface area contributed by atoms with Crippen LogP contribution in [0.5, 0.6) is 0 Å². The standard InChI is InChI=1S/C13H10F2N2O2/c14-9-4-5-10(15)11(7-9)16-12(18)8-17-6-2-1-3-13(17)19/h1-7H,8H2,(H,16,18). The molecule has 6 heteroatoms. The monoisotopic (exact) mass is 264 g/mol. The molecule has 0 atom stereocenters. The summed E-state index contributed by atoms with van der Waals surface area (Å²) in [5, 5.41) is 2.21. The van der Waals surface area contributed by atoms with Gasteiger partial charge in [0.25, 0.3) is 5.56 Å². The fourth-order valence-corrected chi connectivity index (χ4v) is 1.53. The van der Waals surface area contributed by atoms with Gasteiger partial charge in [0, 0.05) is 18.3 Å². The highest BCUT2D eigenvalue weighted by Crippen LogP contribution is 2.15. The molecule has 1 aromatic carbocycles. The van der Waals surface area contributed by atoms with Gasteiger partial charge in [-0.15, -0.1) is 0 Å². The number of anilines is 1. The van der Waals surface area contributed by atoms with Gasteiger partial charge < -0.3 is 9.88 Å². The number of hydrogen-bond acceptors (Lipinski definition) is 2. The predicted molar refractivity (Wildman–Crippen MR) is 65.7 cm³/mol. The fraction of sp³-hybridized carbons (Fsp3) is 0.0769. The van der Waals surface area contributed by atoms with Gasteiger partial charge in [0.15, 0.2) is 0 Å². The molecule has 4 nitrogen and oxygen atoms in total. The summed E-state index contributed by atoms with van der Waals surface area (Å²) >= 11 is 0. The van der Waals surface area contributed by atoms with Gasteiger partial charge >= 0.3 is 0 Å². The zero-order valence-corrected chi connectivity index (χ0v) is 9.77. The van der Waals surface area contributed by atoms with E-state index < -0.39 is 17.5 Å². The minimum atomic E-state index is -0.741. The summed E-state index contributed by atoms with van der Waals surface area (Å²) in [6.07, 6.45) is 1.43. The molecule has 0 unspecified atom stereocenters. The number of carbonyl (C=O) groups is 1. The van der Waals surface area contributed by atoms with Gasteiger partial charge in [-0.3, -0.25) is 9.59 Å². The van der Waals surface area contributed by atoms with E-state index in [1.807, 2.05) is 0 Å². The third kappa shape index (κ3) is 3.25. The van der Waals surface area contributed by atoms with Gasteiger partial charge in [-0.05, 0) is 18.2 Å². The molecule has 0 aliphatic rings. The number of hydrogen-bond donors (Lipinski definition) is 1. The van der Waals surface area contributed by atoms with Gasteiger partial charge in [-0.2, -0.15) is 0 Å². The molecule has 1 aromatic heterocycles. The highest BCUT2D eigenvalue weighted by atomic mass is 19.1. The lowest BCUT2D eigenvalue weighted by Crippen LogP contribution is -2.26. The van der Waals surface area contributed by atoms with Crippen LogP contribution in [0.4, 0.5) is 14.5 Å². The van der Waals surface area contributed by atoms with Crippen LogP contribution in [0.25, 0.3) is 0 Å². The smallest absolute Gasteiger partial charge is 0.250 e. The normalized spacial score (nSPS) is 10.2. The van der Waals surface area contributed by atoms with Crippen molar-refractivity contribution >= 4 is 11.6 Å². The minimum absolute atomic E-state index is 0.256. The number of benzene rings is 1. The van der Waals surface area contributed by atoms with Gasteiger partial charge in [0.05, 0.1) is 5.69 Å². The van der Waals surface area contributed by atoms with Gasteiger partial charge in [-0.25, -0.2) is 8.78 Å². The molecule has 0 aliphatic carbocycles. The van der Waals surface area contributed by atoms with Crippen LogP contribution in [0, 0.1) is 11.6 Å². The van der Waals surface area contributed by atoms with E-state index in [-0.39, 0.29) is 17.8 Å². The molecule has 0 saturated carbocycles. The Balaban J connectivity index is 2.12. The summed E-state index contributed by atoms with van der Waals surface area (Å²) in [6.45, 7) is -0.268. The summed E-state index contributed by atoms with van der Waals surface area (Å²) in [7, 11) is 0. The maximum atomic E-state index is 13.3. The predicted octanol–water partition coefficient (Wildman–Crippen LogP) is 1.77. The number of pyridine rings is 1. The molecule has 19 heavy (non-hydrogen) atoms. The van der Waals surface area contributed by atoms with Crippen molar-refractivity contribution in [2.24, 2.45) is 0 Å². The van der Waals surface area contributed by atoms with E-state index in [9.17, 15) is 18.4 Å². The number of nitrogens with zero attached hydrogens (tertiary/aromatic N) is 1. The number of amides is 1. The Morgan fingerprint density at radius 3 is 2.74 bits per heavy atom. The molecule has 0 aliphatic heterocycles. The van der Waals surface area contributed by atoms with Gasteiger partial charge in [0.2, 0.25) is 5.91 Å². The molecule has 0 saturated heterocycles. The van der Waals surface area contributed by atoms with Gasteiger partial charge in [-0.1, -0.05) is 6.07 Å². The van der Waals surface area contributed by atoms with Crippen molar-refractivity contribution in [2.45, 2.75) is 6.54 Å². The molecule has 98 valence electrons. The number of rotatable bonds is 3. The lowest BCUT2D eigenvalue weighted by atomic mass is 10.3. The Morgan fingerprint density at radius 2 is 2.00 bits per heavy atom. The topological polar surface area (TPSA) is 51.1 Å². The molecule has 0 bridgehead atoms. The average molecular weight is 264 g/mol. The average Bonchev–Trinajstić information content (AvgIpc) is 2.37. The lowest BCUT2D eigenvalue weighted by Gasteiger charge is -2.08. The first-order chi connectivity index (χ1) is 9.06. The van der Waals surface area contributed by atoms with Crippen LogP contribution >= 0.6 is 0 Å². The maximum Gasteiger partial charge on any atom is 0.250 e. The molecule has 0 fully saturated rings. The summed E-state index contributed by atoms with van der Waals surface area (Å²) in [4.78, 5) is 23.0. The van der Waals surface area contributed by atoms with Crippen LogP contribution in [-0.2, 0) is 11.3 Å². The van der Waals surface area contributed by atoms with Crippen LogP contribution in [-0.4, -0.2) is 10.5 Å². The summed E-state index contributed by atoms with van der Waals surface area (Å²) in [5.74, 6) is -2.01. The SMILES string of the molecule is O=C(Cn1ccccc1=O)Nc1cc(F)ccc1F. The Kier molecular flexibility index (Phi) is 3.70. The zero-order chi connectivity index (χ0) is 13.8. The van der Waals surface area contributed by atoms with E-state index in [0.29, 0.717) is 0 Å². The van der Waals surface area contributed by atoms with Crippen LogP contribution < -0.4 is 10.9 Å². The Bertz CT molecular complexity index is 668. The summed E-state index contributed by atoms with van der Waals surface area (Å²) in [6, 6.07) is 7.18. The highest BCUT2D eigenvalue weighted by Gasteiger charge is 2.09. The van der Waals surface area contributed by atoms with Crippen molar-refractivity contribution in [3.05, 3.63) is 64.6 Å². The highest BCUT2D eigenvalue weighted by molar-refractivity contribution is 5.90. The van der Waals surface area contributed by atoms with E-state index in [1.54, 1.807) is 12.1 Å². The number of aromatic nitrogens is 1. The van der Waals surface area contributed by atoms with Crippen LogP contribution in [0.1, 0.15) is 0 Å². The second-order valence-electron chi connectivity index (χ2n) is 3.84. The van der Waals surface area contributed by atoms with E-state index in [4.69, 9.17) is 0 Å². The summed E-state index contributed by atoms with van der Waals surface area (Å²) in [5.41, 5.74) is -0.605. The first-order valence-electron chi connectivity index (χ1n) is 5.46. The quantitative estimate of drug-likeness (QED) is 0.918. The Morgan fingerprint density at radius 1 is 1.21 bits per heavy atom. The van der Waals surface area contributed by atoms with Crippen LogP contribution in [0.3, 0.4) is 0 Å². The van der Waals surface area contributed by atoms with E-state index in [0.717, 1.165) is 22.8 Å². The molecule has 0 radical (unpaired) electrons. The molecule has 2 aromatic rings. The lowest BCUT2D eigenvalue weighted by molar-refractivity contribution is -0.116. The van der Waals surface area contributed by atoms with E-state index in [1.165, 1.54) is 12.3 Å². The molecule has 2 rings (SSSR count). The second-order valence-corrected chi connectivity index (χ2v) is 3.84. The van der Waals surface area contributed by atoms with Crippen molar-refractivity contribution in [3.63, 3.8) is 0 Å². The molecule has 1 amide bonds. The first-order valence-corrected chi connectivity index (χ1v) is 5.46. The largest absolute Gasteiger partial charge is 0.322 e. The molecular formula is C13H10F2N2O2. The number of carbonyl (C=O) groups excluding carboxylic acids is 1. The molecule has 1 heterocycles. The van der Waals surface area contributed by atoms with E-state index >= 15 is 0 Å². The number of nitrogens with one attached hydrogen (secondary N) is 1. The summed E-state index contributed by atoms with van der Waals surface area (Å²) < 4.78 is 27.4. The molecule has 0 spiro atoms. The second kappa shape index (κ2) is 5.43. The van der Waals surface area contributed by atoms with Crippen molar-refractivity contribution in [2.75, 3.05) is 5.32 Å². The van der Waals surface area contributed by atoms with E-state index in [2.05, 4.69) is 5.32 Å². The van der Waals surface area contributed by atoms with Crippen molar-refractivity contribution in [3.8, 4) is 0 Å². The zero-order valence-electron chi connectivity index (χ0n) is 9.77. The fourth-order valence-electron chi connectivity index (χ4n) is 1.53. The first kappa shape index (κ1) is 12.9. The third-order valence-electron chi connectivity index (χ3n) is 2.42. The van der Waals surface area contributed by atoms with Crippen molar-refractivity contribution in [1.82, 2.24) is 4.57 Å². The number of halogens is 2. The van der Waals surface area contributed by atoms with Gasteiger partial charge in [0.1, 0.15) is 18.2 Å². The van der Waals surface area contributed by atoms with Crippen molar-refractivity contribution in [1.29, 1.82) is 0 Å². The van der Waals surface area contributed by atoms with Crippen LogP contribution in [0.15, 0.2) is 47.4 Å². The Labute approximate surface area is 107 Å². The van der Waals surface area contributed by atoms with Crippen LogP contribution in [0.2, 0.25) is 0 Å². The third-order valence-corrected chi connectivity index (χ3v) is 2.42. The Hall–Kier alpha value is -2.50. The minimum Gasteiger partial charge on any atom is -0.322 e. The van der Waals surface area contributed by atoms with Crippen molar-refractivity contribution < 1.29 is 13.6 Å². The maximum absolute atomic E-state index is 13.3.